The van der Waals surface area contributed by atoms with E-state index in [1.807, 2.05) is 38.1 Å². The van der Waals surface area contributed by atoms with Crippen LogP contribution in [0.4, 0.5) is 0 Å². The molecular weight excluding hydrogens is 352 g/mol. The quantitative estimate of drug-likeness (QED) is 0.758. The van der Waals surface area contributed by atoms with Crippen molar-refractivity contribution in [1.82, 2.24) is 20.3 Å². The second-order valence-electron chi connectivity index (χ2n) is 7.68. The van der Waals surface area contributed by atoms with Gasteiger partial charge in [0.2, 0.25) is 5.91 Å². The number of aromatic nitrogens is 1. The zero-order chi connectivity index (χ0) is 19.9. The molecule has 0 radical (unpaired) electrons. The minimum absolute atomic E-state index is 0.0807. The summed E-state index contributed by atoms with van der Waals surface area (Å²) in [4.78, 5) is 17.5. The van der Waals surface area contributed by atoms with Crippen molar-refractivity contribution >= 4 is 5.91 Å². The predicted octanol–water partition coefficient (Wildman–Crippen LogP) is 3.15. The van der Waals surface area contributed by atoms with Gasteiger partial charge >= 0.3 is 0 Å². The summed E-state index contributed by atoms with van der Waals surface area (Å²) in [7, 11) is 0. The highest BCUT2D eigenvalue weighted by Crippen LogP contribution is 2.19. The van der Waals surface area contributed by atoms with Crippen LogP contribution in [0.1, 0.15) is 49.7 Å². The largest absolute Gasteiger partial charge is 0.360 e. The molecule has 2 aromatic rings. The number of carbonyl (C=O) groups is 1. The fourth-order valence-electron chi connectivity index (χ4n) is 3.77. The Balaban J connectivity index is 1.50. The standard InChI is InChI=1S/C22H32N4O2/c1-4-8-21(19-9-6-5-7-10-19)23-22(27)18(3)26-13-11-25(12-14-26)16-20-15-17(2)24-28-20/h5-7,9-10,15,18,21H,4,8,11-14,16H2,1-3H3,(H,23,27). The van der Waals surface area contributed by atoms with Crippen LogP contribution in [0, 0.1) is 6.92 Å². The summed E-state index contributed by atoms with van der Waals surface area (Å²) in [6.45, 7) is 10.5. The smallest absolute Gasteiger partial charge is 0.237 e. The van der Waals surface area contributed by atoms with Crippen molar-refractivity contribution in [3.8, 4) is 0 Å². The summed E-state index contributed by atoms with van der Waals surface area (Å²) in [5.74, 6) is 1.02. The normalized spacial score (nSPS) is 18.0. The van der Waals surface area contributed by atoms with Gasteiger partial charge in [-0.25, -0.2) is 0 Å². The summed E-state index contributed by atoms with van der Waals surface area (Å²) >= 11 is 0. The maximum atomic E-state index is 12.9. The monoisotopic (exact) mass is 384 g/mol. The molecule has 1 fully saturated rings. The number of aryl methyl sites for hydroxylation is 1. The molecule has 152 valence electrons. The lowest BCUT2D eigenvalue weighted by molar-refractivity contribution is -0.127. The van der Waals surface area contributed by atoms with Crippen molar-refractivity contribution in [1.29, 1.82) is 0 Å². The van der Waals surface area contributed by atoms with Gasteiger partial charge in [0.05, 0.1) is 24.3 Å². The number of nitrogens with one attached hydrogen (secondary N) is 1. The van der Waals surface area contributed by atoms with Gasteiger partial charge in [-0.05, 0) is 25.8 Å². The number of benzene rings is 1. The molecule has 1 N–H and O–H groups in total. The Labute approximate surface area is 167 Å². The molecule has 3 rings (SSSR count). The molecule has 0 aliphatic carbocycles. The van der Waals surface area contributed by atoms with E-state index in [1.165, 1.54) is 5.56 Å². The van der Waals surface area contributed by atoms with Crippen LogP contribution in [0.25, 0.3) is 0 Å². The van der Waals surface area contributed by atoms with E-state index >= 15 is 0 Å². The Morgan fingerprint density at radius 1 is 1.21 bits per heavy atom. The Kier molecular flexibility index (Phi) is 7.23. The molecule has 1 aromatic carbocycles. The van der Waals surface area contributed by atoms with Gasteiger partial charge < -0.3 is 9.84 Å². The van der Waals surface area contributed by atoms with Crippen molar-refractivity contribution in [2.75, 3.05) is 26.2 Å². The van der Waals surface area contributed by atoms with Crippen LogP contribution in [0.15, 0.2) is 40.9 Å². The first-order chi connectivity index (χ1) is 13.6. The van der Waals surface area contributed by atoms with E-state index in [0.717, 1.165) is 57.0 Å². The van der Waals surface area contributed by atoms with E-state index in [2.05, 4.69) is 39.3 Å². The number of rotatable bonds is 8. The second-order valence-corrected chi connectivity index (χ2v) is 7.68. The summed E-state index contributed by atoms with van der Waals surface area (Å²) in [5.41, 5.74) is 2.09. The molecule has 2 unspecified atom stereocenters. The molecule has 0 spiro atoms. The average Bonchev–Trinajstić information content (AvgIpc) is 3.13. The minimum Gasteiger partial charge on any atom is -0.360 e. The third kappa shape index (κ3) is 5.42. The van der Waals surface area contributed by atoms with Crippen LogP contribution in [0.2, 0.25) is 0 Å². The van der Waals surface area contributed by atoms with E-state index in [1.54, 1.807) is 0 Å². The van der Waals surface area contributed by atoms with Gasteiger partial charge in [-0.15, -0.1) is 0 Å². The highest BCUT2D eigenvalue weighted by atomic mass is 16.5. The third-order valence-electron chi connectivity index (χ3n) is 5.49. The molecule has 1 aliphatic heterocycles. The van der Waals surface area contributed by atoms with Crippen molar-refractivity contribution in [2.24, 2.45) is 0 Å². The first-order valence-corrected chi connectivity index (χ1v) is 10.3. The number of nitrogens with zero attached hydrogens (tertiary/aromatic N) is 3. The molecule has 1 amide bonds. The van der Waals surface area contributed by atoms with Crippen LogP contribution < -0.4 is 5.32 Å². The molecule has 0 saturated carbocycles. The first-order valence-electron chi connectivity index (χ1n) is 10.3. The maximum Gasteiger partial charge on any atom is 0.237 e. The number of hydrogen-bond acceptors (Lipinski definition) is 5. The highest BCUT2D eigenvalue weighted by molar-refractivity contribution is 5.81. The zero-order valence-corrected chi connectivity index (χ0v) is 17.2. The molecule has 28 heavy (non-hydrogen) atoms. The summed E-state index contributed by atoms with van der Waals surface area (Å²) in [5, 5.41) is 7.22. The minimum atomic E-state index is -0.127. The SMILES string of the molecule is CCCC(NC(=O)C(C)N1CCN(Cc2cc(C)no2)CC1)c1ccccc1. The maximum absolute atomic E-state index is 12.9. The van der Waals surface area contributed by atoms with Crippen molar-refractivity contribution in [3.05, 3.63) is 53.4 Å². The molecule has 1 saturated heterocycles. The summed E-state index contributed by atoms with van der Waals surface area (Å²) in [6.07, 6.45) is 1.99. The van der Waals surface area contributed by atoms with E-state index in [0.29, 0.717) is 0 Å². The van der Waals surface area contributed by atoms with Gasteiger partial charge in [-0.1, -0.05) is 48.8 Å². The fourth-order valence-corrected chi connectivity index (χ4v) is 3.77. The lowest BCUT2D eigenvalue weighted by atomic mass is 10.0. The third-order valence-corrected chi connectivity index (χ3v) is 5.49. The van der Waals surface area contributed by atoms with Gasteiger partial charge in [0, 0.05) is 32.2 Å². The Bertz CT molecular complexity index is 738. The topological polar surface area (TPSA) is 61.6 Å². The lowest BCUT2D eigenvalue weighted by Gasteiger charge is -2.37. The van der Waals surface area contributed by atoms with E-state index in [-0.39, 0.29) is 18.0 Å². The van der Waals surface area contributed by atoms with Gasteiger partial charge in [0.1, 0.15) is 0 Å². The van der Waals surface area contributed by atoms with Gasteiger partial charge in [-0.2, -0.15) is 0 Å². The molecule has 6 nitrogen and oxygen atoms in total. The zero-order valence-electron chi connectivity index (χ0n) is 17.2. The molecule has 0 bridgehead atoms. The number of piperazine rings is 1. The first kappa shape index (κ1) is 20.6. The average molecular weight is 385 g/mol. The number of hydrogen-bond donors (Lipinski definition) is 1. The Morgan fingerprint density at radius 3 is 2.54 bits per heavy atom. The van der Waals surface area contributed by atoms with Crippen LogP contribution >= 0.6 is 0 Å². The Morgan fingerprint density at radius 2 is 1.93 bits per heavy atom. The fraction of sp³-hybridized carbons (Fsp3) is 0.545. The molecular formula is C22H32N4O2. The summed E-state index contributed by atoms with van der Waals surface area (Å²) in [6, 6.07) is 12.2. The molecule has 1 aromatic heterocycles. The highest BCUT2D eigenvalue weighted by Gasteiger charge is 2.27. The summed E-state index contributed by atoms with van der Waals surface area (Å²) < 4.78 is 5.32. The van der Waals surface area contributed by atoms with E-state index in [4.69, 9.17) is 4.52 Å². The number of carbonyl (C=O) groups excluding carboxylic acids is 1. The van der Waals surface area contributed by atoms with Crippen LogP contribution in [0.3, 0.4) is 0 Å². The molecule has 2 atom stereocenters. The van der Waals surface area contributed by atoms with Crippen LogP contribution in [-0.4, -0.2) is 53.1 Å². The van der Waals surface area contributed by atoms with Gasteiger partial charge in [0.25, 0.3) is 0 Å². The van der Waals surface area contributed by atoms with Crippen LogP contribution in [0.5, 0.6) is 0 Å². The van der Waals surface area contributed by atoms with Crippen molar-refractivity contribution in [3.63, 3.8) is 0 Å². The van der Waals surface area contributed by atoms with Gasteiger partial charge in [-0.3, -0.25) is 14.6 Å². The van der Waals surface area contributed by atoms with E-state index in [9.17, 15) is 4.79 Å². The lowest BCUT2D eigenvalue weighted by Crippen LogP contribution is -2.53. The second kappa shape index (κ2) is 9.85. The van der Waals surface area contributed by atoms with Crippen LogP contribution in [-0.2, 0) is 11.3 Å². The van der Waals surface area contributed by atoms with Crippen molar-refractivity contribution < 1.29 is 9.32 Å². The molecule has 6 heteroatoms. The molecule has 1 aliphatic rings. The predicted molar refractivity (Wildman–Crippen MR) is 110 cm³/mol. The number of amides is 1. The van der Waals surface area contributed by atoms with Crippen molar-refractivity contribution in [2.45, 2.75) is 52.2 Å². The Hall–Kier alpha value is -2.18. The molecule has 2 heterocycles. The van der Waals surface area contributed by atoms with E-state index < -0.39 is 0 Å². The van der Waals surface area contributed by atoms with Gasteiger partial charge in [0.15, 0.2) is 5.76 Å².